The number of hydrogen-bond donors (Lipinski definition) is 1. The van der Waals surface area contributed by atoms with Gasteiger partial charge in [-0.15, -0.1) is 0 Å². The highest BCUT2D eigenvalue weighted by molar-refractivity contribution is 5.59. The molecule has 0 unspecified atom stereocenters. The van der Waals surface area contributed by atoms with Crippen LogP contribution in [0.25, 0.3) is 0 Å². The Morgan fingerprint density at radius 3 is 0.918 bits per heavy atom. The van der Waals surface area contributed by atoms with Crippen LogP contribution in [0.1, 0.15) is 124 Å². The van der Waals surface area contributed by atoms with E-state index in [0.29, 0.717) is 52.1 Å². The number of rotatable bonds is 16. The minimum Gasteiger partial charge on any atom is -0.493 e. The van der Waals surface area contributed by atoms with E-state index in [9.17, 15) is 0 Å². The summed E-state index contributed by atoms with van der Waals surface area (Å²) in [5.41, 5.74) is 16.6. The van der Waals surface area contributed by atoms with Crippen molar-refractivity contribution in [3.05, 3.63) is 111 Å². The van der Waals surface area contributed by atoms with Crippen molar-refractivity contribution < 1.29 is 18.9 Å². The van der Waals surface area contributed by atoms with Crippen LogP contribution < -0.4 is 24.7 Å². The second-order valence-electron chi connectivity index (χ2n) is 13.4. The summed E-state index contributed by atoms with van der Waals surface area (Å²) >= 11 is 0. The predicted molar refractivity (Wildman–Crippen MR) is 203 cm³/mol. The second-order valence-corrected chi connectivity index (χ2v) is 13.4. The van der Waals surface area contributed by atoms with Crippen LogP contribution in [0.15, 0.2) is 66.7 Å². The summed E-state index contributed by atoms with van der Waals surface area (Å²) in [6, 6.07) is 23.9. The molecule has 0 radical (unpaired) electrons. The number of para-hydroxylation sites is 3. The molecule has 0 heterocycles. The van der Waals surface area contributed by atoms with E-state index in [1.165, 1.54) is 22.3 Å². The molecular weight excluding hydrogens is 606 g/mol. The molecule has 2 N–H and O–H groups in total. The Labute approximate surface area is 295 Å². The number of unbranched alkanes of at least 4 members (excludes halogenated alkanes) is 4. The van der Waals surface area contributed by atoms with Gasteiger partial charge in [0.15, 0.2) is 0 Å². The van der Waals surface area contributed by atoms with Crippen LogP contribution in [0.3, 0.4) is 0 Å². The third kappa shape index (κ3) is 9.53. The molecule has 0 atom stereocenters. The van der Waals surface area contributed by atoms with Crippen LogP contribution in [0.4, 0.5) is 5.69 Å². The summed E-state index contributed by atoms with van der Waals surface area (Å²) in [6.07, 6.45) is 11.1. The maximum Gasteiger partial charge on any atom is 0.126 e. The minimum atomic E-state index is 0.661. The molecule has 0 fully saturated rings. The van der Waals surface area contributed by atoms with Gasteiger partial charge < -0.3 is 24.7 Å². The smallest absolute Gasteiger partial charge is 0.126 e. The largest absolute Gasteiger partial charge is 0.493 e. The van der Waals surface area contributed by atoms with Crippen molar-refractivity contribution in [1.29, 1.82) is 0 Å². The number of ether oxygens (including phenoxy) is 4. The van der Waals surface area contributed by atoms with Crippen LogP contribution in [0.2, 0.25) is 0 Å². The molecule has 5 heteroatoms. The predicted octanol–water partition coefficient (Wildman–Crippen LogP) is 10.7. The average molecular weight is 664 g/mol. The molecule has 4 aromatic carbocycles. The van der Waals surface area contributed by atoms with E-state index in [0.717, 1.165) is 102 Å². The highest BCUT2D eigenvalue weighted by atomic mass is 16.5. The Morgan fingerprint density at radius 1 is 0.408 bits per heavy atom. The van der Waals surface area contributed by atoms with Crippen molar-refractivity contribution in [2.24, 2.45) is 0 Å². The maximum atomic E-state index is 6.68. The molecular formula is C44H57NO4. The van der Waals surface area contributed by atoms with Gasteiger partial charge in [0, 0.05) is 42.5 Å². The van der Waals surface area contributed by atoms with E-state index in [1.54, 1.807) is 0 Å². The Kier molecular flexibility index (Phi) is 13.7. The molecule has 1 aliphatic rings. The van der Waals surface area contributed by atoms with Crippen molar-refractivity contribution >= 4 is 5.69 Å². The van der Waals surface area contributed by atoms with Crippen molar-refractivity contribution in [1.82, 2.24) is 0 Å². The standard InChI is InChI=1S/C44H57NO4/c1-5-9-22-46-41-32-16-13-17-33(41)27-35-19-15-21-37(43(35)48-24-11-7-3)29-39-31-40(45)30-38(44(39)49-25-12-8-4)28-36-20-14-18-34(26-32)42(36)47-23-10-6-2/h13-21,30-31H,5-12,22-29,45H2,1-4H3. The third-order valence-corrected chi connectivity index (χ3v) is 9.30. The average Bonchev–Trinajstić information content (AvgIpc) is 3.09. The highest BCUT2D eigenvalue weighted by Gasteiger charge is 2.22. The molecule has 0 aliphatic heterocycles. The number of nitrogens with two attached hydrogens (primary N) is 1. The van der Waals surface area contributed by atoms with Gasteiger partial charge >= 0.3 is 0 Å². The van der Waals surface area contributed by atoms with Gasteiger partial charge in [0.2, 0.25) is 0 Å². The number of fused-ring (bicyclic) bond motifs is 8. The lowest BCUT2D eigenvalue weighted by Crippen LogP contribution is -2.10. The van der Waals surface area contributed by atoms with E-state index in [4.69, 9.17) is 24.7 Å². The van der Waals surface area contributed by atoms with Gasteiger partial charge in [-0.3, -0.25) is 0 Å². The van der Waals surface area contributed by atoms with Gasteiger partial charge in [0.05, 0.1) is 26.4 Å². The maximum absolute atomic E-state index is 6.68. The first-order chi connectivity index (χ1) is 24.1. The summed E-state index contributed by atoms with van der Waals surface area (Å²) in [4.78, 5) is 0. The van der Waals surface area contributed by atoms with Gasteiger partial charge in [-0.25, -0.2) is 0 Å². The first-order valence-corrected chi connectivity index (χ1v) is 18.8. The van der Waals surface area contributed by atoms with Crippen molar-refractivity contribution in [3.63, 3.8) is 0 Å². The second kappa shape index (κ2) is 18.6. The molecule has 5 nitrogen and oxygen atoms in total. The number of hydrogen-bond acceptors (Lipinski definition) is 5. The molecule has 0 aromatic heterocycles. The normalized spacial score (nSPS) is 12.4. The van der Waals surface area contributed by atoms with Crippen LogP contribution in [0.5, 0.6) is 23.0 Å². The van der Waals surface area contributed by atoms with Gasteiger partial charge in [0.25, 0.3) is 0 Å². The molecule has 5 rings (SSSR count). The summed E-state index contributed by atoms with van der Waals surface area (Å²) in [7, 11) is 0. The molecule has 262 valence electrons. The van der Waals surface area contributed by atoms with Gasteiger partial charge in [-0.05, 0) is 71.2 Å². The van der Waals surface area contributed by atoms with E-state index in [2.05, 4.69) is 94.4 Å². The number of anilines is 1. The zero-order valence-electron chi connectivity index (χ0n) is 30.4. The fourth-order valence-electron chi connectivity index (χ4n) is 6.63. The van der Waals surface area contributed by atoms with Crippen LogP contribution >= 0.6 is 0 Å². The summed E-state index contributed by atoms with van der Waals surface area (Å²) < 4.78 is 26.7. The first kappa shape index (κ1) is 36.2. The summed E-state index contributed by atoms with van der Waals surface area (Å²) in [5, 5.41) is 0. The first-order valence-electron chi connectivity index (χ1n) is 18.8. The minimum absolute atomic E-state index is 0.661. The van der Waals surface area contributed by atoms with Gasteiger partial charge in [0.1, 0.15) is 23.0 Å². The quantitative estimate of drug-likeness (QED) is 0.0841. The SMILES string of the molecule is CCCCOc1c2cccc1Cc1cccc(c1OCCCC)Cc1cc(N)cc(c1OCCCC)Cc1cccc(c1OCCCC)C2. The zero-order valence-corrected chi connectivity index (χ0v) is 30.4. The number of benzene rings is 4. The van der Waals surface area contributed by atoms with Gasteiger partial charge in [-0.2, -0.15) is 0 Å². The highest BCUT2D eigenvalue weighted by Crippen LogP contribution is 2.40. The Bertz CT molecular complexity index is 1540. The molecule has 0 spiro atoms. The third-order valence-electron chi connectivity index (χ3n) is 9.30. The topological polar surface area (TPSA) is 62.9 Å². The molecule has 0 saturated carbocycles. The van der Waals surface area contributed by atoms with E-state index in [-0.39, 0.29) is 0 Å². The molecule has 8 bridgehead atoms. The van der Waals surface area contributed by atoms with E-state index < -0.39 is 0 Å². The lowest BCUT2D eigenvalue weighted by molar-refractivity contribution is 0.297. The summed E-state index contributed by atoms with van der Waals surface area (Å²) in [6.45, 7) is 11.5. The van der Waals surface area contributed by atoms with Crippen LogP contribution in [-0.4, -0.2) is 26.4 Å². The lowest BCUT2D eigenvalue weighted by Gasteiger charge is -2.23. The molecule has 1 aliphatic carbocycles. The molecule has 0 amide bonds. The molecule has 49 heavy (non-hydrogen) atoms. The monoisotopic (exact) mass is 663 g/mol. The van der Waals surface area contributed by atoms with Crippen molar-refractivity contribution in [3.8, 4) is 23.0 Å². The lowest BCUT2D eigenvalue weighted by atomic mass is 9.91. The van der Waals surface area contributed by atoms with E-state index in [1.807, 2.05) is 0 Å². The molecule has 4 aromatic rings. The van der Waals surface area contributed by atoms with Gasteiger partial charge in [-0.1, -0.05) is 108 Å². The van der Waals surface area contributed by atoms with Crippen molar-refractivity contribution in [2.45, 2.75) is 105 Å². The fourth-order valence-corrected chi connectivity index (χ4v) is 6.63. The Balaban J connectivity index is 1.73. The number of nitrogen functional groups attached to an aromatic ring is 1. The summed E-state index contributed by atoms with van der Waals surface area (Å²) in [5.74, 6) is 3.85. The van der Waals surface area contributed by atoms with Crippen LogP contribution in [0, 0.1) is 0 Å². The van der Waals surface area contributed by atoms with E-state index >= 15 is 0 Å². The van der Waals surface area contributed by atoms with Crippen molar-refractivity contribution in [2.75, 3.05) is 32.2 Å². The Morgan fingerprint density at radius 2 is 0.653 bits per heavy atom. The fraction of sp³-hybridized carbons (Fsp3) is 0.455. The van der Waals surface area contributed by atoms with Crippen LogP contribution in [-0.2, 0) is 25.7 Å². The Hall–Kier alpha value is -4.12. The zero-order chi connectivity index (χ0) is 34.4. The molecule has 0 saturated heterocycles.